The van der Waals surface area contributed by atoms with Crippen LogP contribution in [0.4, 0.5) is 0 Å². The van der Waals surface area contributed by atoms with Crippen molar-refractivity contribution in [1.82, 2.24) is 9.62 Å². The van der Waals surface area contributed by atoms with Crippen molar-refractivity contribution in [1.29, 1.82) is 0 Å². The maximum Gasteiger partial charge on any atom is 0.267 e. The Morgan fingerprint density at radius 3 is 2.37 bits per heavy atom. The van der Waals surface area contributed by atoms with Gasteiger partial charge < -0.3 is 10.1 Å². The molecule has 0 spiro atoms. The molecule has 3 rings (SSSR count). The molecule has 0 aromatic heterocycles. The fourth-order valence-corrected chi connectivity index (χ4v) is 4.85. The number of ether oxygens (including phenoxy) is 1. The van der Waals surface area contributed by atoms with Gasteiger partial charge in [-0.3, -0.25) is 9.59 Å². The standard InChI is InChI=1S/C20H18Cl2N2O5S/c1-12-19(25)23-11-14(9-13-10-16(22)5-8-18(13)29-2)20(26)24(12)30(27,28)17-6-3-15(21)4-7-17/h3-10,12H,11H2,1-2H3,(H,23,25)/t12-/m1/s1. The second kappa shape index (κ2) is 8.67. The second-order valence-electron chi connectivity index (χ2n) is 6.51. The van der Waals surface area contributed by atoms with E-state index in [0.29, 0.717) is 25.7 Å². The van der Waals surface area contributed by atoms with Gasteiger partial charge in [-0.1, -0.05) is 23.2 Å². The molecule has 0 saturated carbocycles. The Bertz CT molecular complexity index is 1130. The van der Waals surface area contributed by atoms with Crippen LogP contribution in [0.2, 0.25) is 10.0 Å². The molecule has 1 heterocycles. The maximum absolute atomic E-state index is 13.3. The number of amides is 2. The molecular formula is C20H18Cl2N2O5S. The zero-order chi connectivity index (χ0) is 22.1. The highest BCUT2D eigenvalue weighted by atomic mass is 35.5. The number of nitrogens with zero attached hydrogens (tertiary/aromatic N) is 1. The molecule has 30 heavy (non-hydrogen) atoms. The van der Waals surface area contributed by atoms with Crippen LogP contribution in [0.3, 0.4) is 0 Å². The van der Waals surface area contributed by atoms with Gasteiger partial charge >= 0.3 is 0 Å². The predicted molar refractivity (Wildman–Crippen MR) is 114 cm³/mol. The van der Waals surface area contributed by atoms with E-state index in [2.05, 4.69) is 5.32 Å². The van der Waals surface area contributed by atoms with Gasteiger partial charge in [0.25, 0.3) is 15.9 Å². The Morgan fingerprint density at radius 2 is 1.73 bits per heavy atom. The van der Waals surface area contributed by atoms with Crippen LogP contribution in [-0.2, 0) is 19.6 Å². The van der Waals surface area contributed by atoms with Gasteiger partial charge in [0.05, 0.1) is 12.0 Å². The molecular weight excluding hydrogens is 451 g/mol. The molecule has 1 aliphatic heterocycles. The fraction of sp³-hybridized carbons (Fsp3) is 0.200. The summed E-state index contributed by atoms with van der Waals surface area (Å²) in [5, 5.41) is 3.33. The summed E-state index contributed by atoms with van der Waals surface area (Å²) in [6, 6.07) is 8.94. The number of methoxy groups -OCH3 is 1. The third-order valence-corrected chi connectivity index (χ3v) is 6.91. The van der Waals surface area contributed by atoms with Crippen molar-refractivity contribution in [3.05, 3.63) is 63.6 Å². The maximum atomic E-state index is 13.3. The number of carbonyl (C=O) groups excluding carboxylic acids is 2. The van der Waals surface area contributed by atoms with Gasteiger partial charge in [-0.25, -0.2) is 12.7 Å². The Labute approximate surface area is 184 Å². The van der Waals surface area contributed by atoms with E-state index in [4.69, 9.17) is 27.9 Å². The lowest BCUT2D eigenvalue weighted by Crippen LogP contribution is -2.47. The van der Waals surface area contributed by atoms with Gasteiger partial charge in [0, 0.05) is 27.7 Å². The third kappa shape index (κ3) is 4.30. The van der Waals surface area contributed by atoms with Crippen molar-refractivity contribution in [2.75, 3.05) is 13.7 Å². The monoisotopic (exact) mass is 468 g/mol. The van der Waals surface area contributed by atoms with Crippen LogP contribution in [0.1, 0.15) is 12.5 Å². The molecule has 158 valence electrons. The van der Waals surface area contributed by atoms with E-state index in [-0.39, 0.29) is 17.0 Å². The highest BCUT2D eigenvalue weighted by Gasteiger charge is 2.40. The summed E-state index contributed by atoms with van der Waals surface area (Å²) in [5.74, 6) is -0.976. The van der Waals surface area contributed by atoms with E-state index < -0.39 is 27.9 Å². The average Bonchev–Trinajstić information content (AvgIpc) is 2.80. The van der Waals surface area contributed by atoms with Crippen molar-refractivity contribution < 1.29 is 22.7 Å². The molecule has 7 nitrogen and oxygen atoms in total. The molecule has 1 saturated heterocycles. The Kier molecular flexibility index (Phi) is 6.40. The molecule has 2 amide bonds. The Morgan fingerprint density at radius 1 is 1.10 bits per heavy atom. The van der Waals surface area contributed by atoms with E-state index in [1.165, 1.54) is 44.4 Å². The number of carbonyl (C=O) groups is 2. The van der Waals surface area contributed by atoms with Gasteiger partial charge in [0.1, 0.15) is 11.8 Å². The highest BCUT2D eigenvalue weighted by molar-refractivity contribution is 7.89. The molecule has 0 aliphatic carbocycles. The van der Waals surface area contributed by atoms with Crippen molar-refractivity contribution in [3.63, 3.8) is 0 Å². The molecule has 2 aromatic carbocycles. The molecule has 1 aliphatic rings. The van der Waals surface area contributed by atoms with E-state index in [1.807, 2.05) is 0 Å². The topological polar surface area (TPSA) is 92.8 Å². The number of sulfonamides is 1. The molecule has 10 heteroatoms. The van der Waals surface area contributed by atoms with Crippen LogP contribution in [0.25, 0.3) is 6.08 Å². The average molecular weight is 469 g/mol. The zero-order valence-corrected chi connectivity index (χ0v) is 18.4. The van der Waals surface area contributed by atoms with E-state index >= 15 is 0 Å². The second-order valence-corrected chi connectivity index (χ2v) is 9.20. The minimum absolute atomic E-state index is 0.0609. The lowest BCUT2D eigenvalue weighted by Gasteiger charge is -2.25. The third-order valence-electron chi connectivity index (χ3n) is 4.55. The largest absolute Gasteiger partial charge is 0.496 e. The first kappa shape index (κ1) is 22.1. The lowest BCUT2D eigenvalue weighted by atomic mass is 10.1. The predicted octanol–water partition coefficient (Wildman–Crippen LogP) is 3.12. The molecule has 0 unspecified atom stereocenters. The normalized spacial score (nSPS) is 18.9. The van der Waals surface area contributed by atoms with Crippen LogP contribution in [-0.4, -0.2) is 44.2 Å². The molecule has 0 bridgehead atoms. The molecule has 1 fully saturated rings. The van der Waals surface area contributed by atoms with E-state index in [1.54, 1.807) is 18.2 Å². The quantitative estimate of drug-likeness (QED) is 0.695. The molecule has 1 N–H and O–H groups in total. The summed E-state index contributed by atoms with van der Waals surface area (Å²) in [6.07, 6.45) is 1.45. The summed E-state index contributed by atoms with van der Waals surface area (Å²) in [6.45, 7) is 1.20. The van der Waals surface area contributed by atoms with Crippen molar-refractivity contribution >= 4 is 51.1 Å². The van der Waals surface area contributed by atoms with Crippen LogP contribution < -0.4 is 10.1 Å². The number of rotatable bonds is 4. The Balaban J connectivity index is 2.11. The van der Waals surface area contributed by atoms with Gasteiger partial charge in [-0.05, 0) is 55.5 Å². The zero-order valence-electron chi connectivity index (χ0n) is 16.1. The molecule has 2 aromatic rings. The Hall–Kier alpha value is -2.55. The highest BCUT2D eigenvalue weighted by Crippen LogP contribution is 2.28. The van der Waals surface area contributed by atoms with E-state index in [0.717, 1.165) is 0 Å². The minimum Gasteiger partial charge on any atom is -0.496 e. The number of benzene rings is 2. The first-order chi connectivity index (χ1) is 14.1. The van der Waals surface area contributed by atoms with Crippen molar-refractivity contribution in [2.24, 2.45) is 0 Å². The van der Waals surface area contributed by atoms with Crippen molar-refractivity contribution in [2.45, 2.75) is 17.9 Å². The number of hydrogen-bond acceptors (Lipinski definition) is 5. The smallest absolute Gasteiger partial charge is 0.267 e. The first-order valence-corrected chi connectivity index (χ1v) is 11.0. The van der Waals surface area contributed by atoms with Crippen LogP contribution in [0, 0.1) is 0 Å². The van der Waals surface area contributed by atoms with Gasteiger partial charge in [-0.2, -0.15) is 0 Å². The van der Waals surface area contributed by atoms with Gasteiger partial charge in [0.15, 0.2) is 0 Å². The first-order valence-electron chi connectivity index (χ1n) is 8.81. The van der Waals surface area contributed by atoms with Crippen LogP contribution in [0.15, 0.2) is 52.9 Å². The SMILES string of the molecule is COc1ccc(Cl)cc1C=C1CNC(=O)[C@@H](C)N(S(=O)(=O)c2ccc(Cl)cc2)C1=O. The number of halogens is 2. The van der Waals surface area contributed by atoms with Crippen molar-refractivity contribution in [3.8, 4) is 5.75 Å². The summed E-state index contributed by atoms with van der Waals surface area (Å²) in [5.41, 5.74) is 0.534. The summed E-state index contributed by atoms with van der Waals surface area (Å²) >= 11 is 11.9. The summed E-state index contributed by atoms with van der Waals surface area (Å²) in [4.78, 5) is 25.5. The van der Waals surface area contributed by atoms with E-state index in [9.17, 15) is 18.0 Å². The van der Waals surface area contributed by atoms with Gasteiger partial charge in [0.2, 0.25) is 5.91 Å². The van der Waals surface area contributed by atoms with Crippen LogP contribution in [0.5, 0.6) is 5.75 Å². The molecule has 1 atom stereocenters. The molecule has 0 radical (unpaired) electrons. The summed E-state index contributed by atoms with van der Waals surface area (Å²) in [7, 11) is -2.86. The van der Waals surface area contributed by atoms with Gasteiger partial charge in [-0.15, -0.1) is 0 Å². The minimum atomic E-state index is -4.32. The van der Waals surface area contributed by atoms with Crippen LogP contribution >= 0.6 is 23.2 Å². The number of nitrogens with one attached hydrogen (secondary N) is 1. The summed E-state index contributed by atoms with van der Waals surface area (Å²) < 4.78 is 32.3. The lowest BCUT2D eigenvalue weighted by molar-refractivity contribution is -0.130. The fourth-order valence-electron chi connectivity index (χ4n) is 2.99. The number of hydrogen-bond donors (Lipinski definition) is 1.